The van der Waals surface area contributed by atoms with Gasteiger partial charge in [-0.15, -0.1) is 0 Å². The summed E-state index contributed by atoms with van der Waals surface area (Å²) in [6.07, 6.45) is 0. The van der Waals surface area contributed by atoms with Crippen molar-refractivity contribution in [1.82, 2.24) is 5.32 Å². The number of halogens is 1. The van der Waals surface area contributed by atoms with Gasteiger partial charge < -0.3 is 10.1 Å². The van der Waals surface area contributed by atoms with Crippen molar-refractivity contribution < 1.29 is 4.74 Å². The van der Waals surface area contributed by atoms with Crippen LogP contribution in [0.15, 0.2) is 30.3 Å². The quantitative estimate of drug-likeness (QED) is 0.892. The number of benzene rings is 2. The molecule has 0 aliphatic carbocycles. The molecule has 2 nitrogen and oxygen atoms in total. The topological polar surface area (TPSA) is 21.3 Å². The normalized spacial score (nSPS) is 12.3. The van der Waals surface area contributed by atoms with Gasteiger partial charge in [-0.25, -0.2) is 0 Å². The average Bonchev–Trinajstić information content (AvgIpc) is 2.45. The maximum Gasteiger partial charge on any atom is 0.124 e. The largest absolute Gasteiger partial charge is 0.496 e. The minimum absolute atomic E-state index is 0.00616. The first kappa shape index (κ1) is 15.9. The van der Waals surface area contributed by atoms with Gasteiger partial charge in [-0.1, -0.05) is 35.4 Å². The fourth-order valence-corrected chi connectivity index (χ4v) is 2.91. The third-order valence-corrected chi connectivity index (χ3v) is 4.24. The molecule has 21 heavy (non-hydrogen) atoms. The van der Waals surface area contributed by atoms with Gasteiger partial charge in [-0.05, 0) is 56.6 Å². The Bertz CT molecular complexity index is 652. The van der Waals surface area contributed by atoms with Crippen molar-refractivity contribution in [2.75, 3.05) is 14.2 Å². The lowest BCUT2D eigenvalue weighted by Crippen LogP contribution is -2.19. The van der Waals surface area contributed by atoms with Gasteiger partial charge >= 0.3 is 0 Å². The van der Waals surface area contributed by atoms with Crippen LogP contribution in [0.3, 0.4) is 0 Å². The standard InChI is InChI=1S/C18H22ClNO/c1-11-6-7-17(21-5)15(8-11)18(20-4)14-9-12(2)13(3)10-16(14)19/h6-10,18,20H,1-5H3. The van der Waals surface area contributed by atoms with E-state index in [0.29, 0.717) is 0 Å². The highest BCUT2D eigenvalue weighted by molar-refractivity contribution is 6.31. The van der Waals surface area contributed by atoms with E-state index in [-0.39, 0.29) is 6.04 Å². The van der Waals surface area contributed by atoms with Gasteiger partial charge in [0.2, 0.25) is 0 Å². The van der Waals surface area contributed by atoms with Crippen LogP contribution in [0, 0.1) is 20.8 Å². The van der Waals surface area contributed by atoms with E-state index >= 15 is 0 Å². The van der Waals surface area contributed by atoms with Crippen molar-refractivity contribution in [3.63, 3.8) is 0 Å². The molecule has 1 unspecified atom stereocenters. The van der Waals surface area contributed by atoms with Gasteiger partial charge in [0.25, 0.3) is 0 Å². The van der Waals surface area contributed by atoms with Gasteiger partial charge in [0.1, 0.15) is 5.75 Å². The van der Waals surface area contributed by atoms with E-state index in [1.807, 2.05) is 19.2 Å². The number of rotatable bonds is 4. The Kier molecular flexibility index (Phi) is 4.92. The molecule has 0 amide bonds. The molecule has 112 valence electrons. The summed E-state index contributed by atoms with van der Waals surface area (Å²) in [6.45, 7) is 6.26. The summed E-state index contributed by atoms with van der Waals surface area (Å²) in [5, 5.41) is 4.14. The van der Waals surface area contributed by atoms with E-state index in [4.69, 9.17) is 16.3 Å². The van der Waals surface area contributed by atoms with Crippen LogP contribution in [-0.2, 0) is 0 Å². The molecule has 0 radical (unpaired) electrons. The second kappa shape index (κ2) is 6.50. The first-order valence-corrected chi connectivity index (χ1v) is 7.44. The molecule has 0 spiro atoms. The molecule has 2 rings (SSSR count). The SMILES string of the molecule is CNC(c1cc(C)c(C)cc1Cl)c1cc(C)ccc1OC. The van der Waals surface area contributed by atoms with E-state index in [0.717, 1.165) is 21.9 Å². The number of hydrogen-bond acceptors (Lipinski definition) is 2. The predicted octanol–water partition coefficient (Wildman–Crippen LogP) is 4.58. The molecule has 0 aliphatic heterocycles. The summed E-state index contributed by atoms with van der Waals surface area (Å²) < 4.78 is 5.52. The highest BCUT2D eigenvalue weighted by Gasteiger charge is 2.20. The fourth-order valence-electron chi connectivity index (χ4n) is 2.58. The summed E-state index contributed by atoms with van der Waals surface area (Å²) in [6, 6.07) is 10.4. The summed E-state index contributed by atoms with van der Waals surface area (Å²) in [4.78, 5) is 0. The van der Waals surface area contributed by atoms with Crippen LogP contribution in [0.2, 0.25) is 5.02 Å². The molecule has 3 heteroatoms. The minimum atomic E-state index is 0.00616. The highest BCUT2D eigenvalue weighted by atomic mass is 35.5. The third kappa shape index (κ3) is 3.22. The number of aryl methyl sites for hydroxylation is 3. The van der Waals surface area contributed by atoms with Gasteiger partial charge in [0, 0.05) is 10.6 Å². The third-order valence-electron chi connectivity index (χ3n) is 3.91. The predicted molar refractivity (Wildman–Crippen MR) is 89.6 cm³/mol. The molecule has 0 fully saturated rings. The second-order valence-corrected chi connectivity index (χ2v) is 5.83. The zero-order chi connectivity index (χ0) is 15.6. The van der Waals surface area contributed by atoms with E-state index in [2.05, 4.69) is 44.3 Å². The lowest BCUT2D eigenvalue weighted by Gasteiger charge is -2.22. The Labute approximate surface area is 132 Å². The molecule has 0 bridgehead atoms. The Morgan fingerprint density at radius 1 is 1.00 bits per heavy atom. The highest BCUT2D eigenvalue weighted by Crippen LogP contribution is 2.35. The lowest BCUT2D eigenvalue weighted by molar-refractivity contribution is 0.405. The number of hydrogen-bond donors (Lipinski definition) is 1. The van der Waals surface area contributed by atoms with E-state index < -0.39 is 0 Å². The molecular formula is C18H22ClNO. The van der Waals surface area contributed by atoms with Crippen molar-refractivity contribution in [3.8, 4) is 5.75 Å². The molecular weight excluding hydrogens is 282 g/mol. The lowest BCUT2D eigenvalue weighted by atomic mass is 9.94. The van der Waals surface area contributed by atoms with Crippen LogP contribution in [0.4, 0.5) is 0 Å². The van der Waals surface area contributed by atoms with Gasteiger partial charge in [-0.3, -0.25) is 0 Å². The number of nitrogens with one attached hydrogen (secondary N) is 1. The van der Waals surface area contributed by atoms with Gasteiger partial charge in [-0.2, -0.15) is 0 Å². The monoisotopic (exact) mass is 303 g/mol. The summed E-state index contributed by atoms with van der Waals surface area (Å²) >= 11 is 6.48. The first-order chi connectivity index (χ1) is 9.97. The van der Waals surface area contributed by atoms with Crippen LogP contribution >= 0.6 is 11.6 Å². The summed E-state index contributed by atoms with van der Waals surface area (Å²) in [5.41, 5.74) is 5.82. The summed E-state index contributed by atoms with van der Waals surface area (Å²) in [7, 11) is 3.64. The van der Waals surface area contributed by atoms with Crippen molar-refractivity contribution in [3.05, 3.63) is 63.2 Å². The Morgan fingerprint density at radius 3 is 2.29 bits per heavy atom. The van der Waals surface area contributed by atoms with Gasteiger partial charge in [0.15, 0.2) is 0 Å². The smallest absolute Gasteiger partial charge is 0.124 e. The van der Waals surface area contributed by atoms with Gasteiger partial charge in [0.05, 0.1) is 13.2 Å². The van der Waals surface area contributed by atoms with Crippen molar-refractivity contribution >= 4 is 11.6 Å². The Morgan fingerprint density at radius 2 is 1.67 bits per heavy atom. The van der Waals surface area contributed by atoms with E-state index in [9.17, 15) is 0 Å². The molecule has 2 aromatic rings. The number of ether oxygens (including phenoxy) is 1. The van der Waals surface area contributed by atoms with Crippen LogP contribution in [0.1, 0.15) is 33.9 Å². The maximum atomic E-state index is 6.48. The first-order valence-electron chi connectivity index (χ1n) is 7.06. The van der Waals surface area contributed by atoms with Crippen LogP contribution in [0.25, 0.3) is 0 Å². The van der Waals surface area contributed by atoms with Crippen LogP contribution in [0.5, 0.6) is 5.75 Å². The molecule has 0 saturated heterocycles. The molecule has 0 heterocycles. The molecule has 0 saturated carbocycles. The second-order valence-electron chi connectivity index (χ2n) is 5.43. The zero-order valence-electron chi connectivity index (χ0n) is 13.3. The number of methoxy groups -OCH3 is 1. The van der Waals surface area contributed by atoms with Crippen molar-refractivity contribution in [2.24, 2.45) is 0 Å². The fraction of sp³-hybridized carbons (Fsp3) is 0.333. The van der Waals surface area contributed by atoms with Crippen LogP contribution in [-0.4, -0.2) is 14.2 Å². The molecule has 2 aromatic carbocycles. The maximum absolute atomic E-state index is 6.48. The Balaban J connectivity index is 2.59. The molecule has 1 N–H and O–H groups in total. The Hall–Kier alpha value is -1.51. The van der Waals surface area contributed by atoms with E-state index in [1.165, 1.54) is 16.7 Å². The molecule has 0 aromatic heterocycles. The van der Waals surface area contributed by atoms with Crippen LogP contribution < -0.4 is 10.1 Å². The molecule has 0 aliphatic rings. The summed E-state index contributed by atoms with van der Waals surface area (Å²) in [5.74, 6) is 0.870. The van der Waals surface area contributed by atoms with Crippen molar-refractivity contribution in [1.29, 1.82) is 0 Å². The molecule has 1 atom stereocenters. The average molecular weight is 304 g/mol. The minimum Gasteiger partial charge on any atom is -0.496 e. The van der Waals surface area contributed by atoms with Crippen molar-refractivity contribution in [2.45, 2.75) is 26.8 Å². The zero-order valence-corrected chi connectivity index (χ0v) is 14.0. The van der Waals surface area contributed by atoms with E-state index in [1.54, 1.807) is 7.11 Å².